The van der Waals surface area contributed by atoms with Gasteiger partial charge in [-0.2, -0.15) is 0 Å². The third-order valence-corrected chi connectivity index (χ3v) is 7.06. The lowest BCUT2D eigenvalue weighted by atomic mass is 10.0. The molecule has 2 aromatic rings. The van der Waals surface area contributed by atoms with Gasteiger partial charge in [-0.25, -0.2) is 0 Å². The fourth-order valence-corrected chi connectivity index (χ4v) is 4.35. The first-order valence-corrected chi connectivity index (χ1v) is 12.3. The van der Waals surface area contributed by atoms with Crippen LogP contribution in [0, 0.1) is 12.8 Å². The summed E-state index contributed by atoms with van der Waals surface area (Å²) >= 11 is 0. The zero-order valence-electron chi connectivity index (χ0n) is 20.3. The Morgan fingerprint density at radius 2 is 1.69 bits per heavy atom. The number of amides is 3. The van der Waals surface area contributed by atoms with Crippen molar-refractivity contribution in [2.45, 2.75) is 38.2 Å². The maximum Gasteiger partial charge on any atom is 0.254 e. The van der Waals surface area contributed by atoms with E-state index in [9.17, 15) is 19.5 Å². The maximum atomic E-state index is 13.0. The summed E-state index contributed by atoms with van der Waals surface area (Å²) in [4.78, 5) is 40.9. The van der Waals surface area contributed by atoms with Crippen LogP contribution in [-0.2, 0) is 9.59 Å². The lowest BCUT2D eigenvalue weighted by Crippen LogP contribution is -2.53. The van der Waals surface area contributed by atoms with Crippen LogP contribution in [0.3, 0.4) is 0 Å². The zero-order chi connectivity index (χ0) is 25.4. The highest BCUT2D eigenvalue weighted by Crippen LogP contribution is 2.37. The number of piperazine rings is 1. The molecule has 1 aliphatic heterocycles. The quantitative estimate of drug-likeness (QED) is 0.577. The molecule has 2 aliphatic carbocycles. The van der Waals surface area contributed by atoms with Gasteiger partial charge in [0, 0.05) is 37.7 Å². The van der Waals surface area contributed by atoms with Gasteiger partial charge in [-0.3, -0.25) is 14.4 Å². The molecule has 0 radical (unpaired) electrons. The monoisotopic (exact) mass is 490 g/mol. The van der Waals surface area contributed by atoms with Gasteiger partial charge in [-0.05, 0) is 62.0 Å². The summed E-state index contributed by atoms with van der Waals surface area (Å²) in [5.74, 6) is 0.662. The number of anilines is 1. The van der Waals surface area contributed by atoms with E-state index in [4.69, 9.17) is 4.52 Å². The largest absolute Gasteiger partial charge is 0.380 e. The van der Waals surface area contributed by atoms with E-state index in [0.717, 1.165) is 24.0 Å². The highest BCUT2D eigenvalue weighted by atomic mass is 16.5. The Morgan fingerprint density at radius 3 is 2.28 bits per heavy atom. The van der Waals surface area contributed by atoms with Gasteiger partial charge in [0.1, 0.15) is 11.4 Å². The lowest BCUT2D eigenvalue weighted by molar-refractivity contribution is -0.143. The van der Waals surface area contributed by atoms with Crippen molar-refractivity contribution in [3.05, 3.63) is 59.4 Å². The number of allylic oxidation sites excluding steroid dienone is 2. The van der Waals surface area contributed by atoms with Gasteiger partial charge in [-0.1, -0.05) is 29.9 Å². The molecule has 36 heavy (non-hydrogen) atoms. The van der Waals surface area contributed by atoms with Crippen LogP contribution in [0.4, 0.5) is 5.82 Å². The first-order chi connectivity index (χ1) is 17.3. The number of benzene rings is 1. The normalized spacial score (nSPS) is 19.1. The molecule has 1 saturated heterocycles. The van der Waals surface area contributed by atoms with Crippen molar-refractivity contribution in [1.29, 1.82) is 0 Å². The molecule has 0 spiro atoms. The summed E-state index contributed by atoms with van der Waals surface area (Å²) < 4.78 is 5.31. The number of carbonyl (C=O) groups is 3. The fraction of sp³-hybridized carbons (Fsp3) is 0.407. The van der Waals surface area contributed by atoms with E-state index in [1.54, 1.807) is 34.9 Å². The smallest absolute Gasteiger partial charge is 0.254 e. The summed E-state index contributed by atoms with van der Waals surface area (Å²) in [6, 6.07) is 7.26. The van der Waals surface area contributed by atoms with E-state index >= 15 is 0 Å². The third kappa shape index (κ3) is 4.83. The second kappa shape index (κ2) is 9.39. The van der Waals surface area contributed by atoms with Crippen LogP contribution < -0.4 is 5.32 Å². The first kappa shape index (κ1) is 24.0. The SMILES string of the molecule is C=C/C(=C\c1c(NC(=O)C2CC2)noc1C)c1ccc(C(=O)N2CCN(C(=O)C3(O)CC3)CC2)cc1. The van der Waals surface area contributed by atoms with Gasteiger partial charge in [0.15, 0.2) is 5.82 Å². The number of aliphatic hydroxyl groups is 1. The number of hydrogen-bond donors (Lipinski definition) is 2. The number of aryl methyl sites for hydroxylation is 1. The number of nitrogens with one attached hydrogen (secondary N) is 1. The van der Waals surface area contributed by atoms with Gasteiger partial charge < -0.3 is 24.7 Å². The summed E-state index contributed by atoms with van der Waals surface area (Å²) in [6.45, 7) is 7.41. The van der Waals surface area contributed by atoms with Crippen molar-refractivity contribution >= 4 is 35.2 Å². The molecule has 9 heteroatoms. The second-order valence-electron chi connectivity index (χ2n) is 9.76. The number of carbonyl (C=O) groups excluding carboxylic acids is 3. The van der Waals surface area contributed by atoms with Crippen molar-refractivity contribution in [3.63, 3.8) is 0 Å². The van der Waals surface area contributed by atoms with E-state index in [2.05, 4.69) is 17.1 Å². The maximum absolute atomic E-state index is 13.0. The summed E-state index contributed by atoms with van der Waals surface area (Å²) in [6.07, 6.45) is 6.40. The van der Waals surface area contributed by atoms with Crippen molar-refractivity contribution < 1.29 is 24.0 Å². The van der Waals surface area contributed by atoms with E-state index in [-0.39, 0.29) is 23.6 Å². The summed E-state index contributed by atoms with van der Waals surface area (Å²) in [5.41, 5.74) is 1.72. The topological polar surface area (TPSA) is 116 Å². The van der Waals surface area contributed by atoms with E-state index < -0.39 is 5.60 Å². The van der Waals surface area contributed by atoms with Crippen LogP contribution in [0.25, 0.3) is 11.6 Å². The lowest BCUT2D eigenvalue weighted by Gasteiger charge is -2.35. The third-order valence-electron chi connectivity index (χ3n) is 7.06. The first-order valence-electron chi connectivity index (χ1n) is 12.3. The summed E-state index contributed by atoms with van der Waals surface area (Å²) in [5, 5.41) is 16.9. The molecular formula is C27H30N4O5. The second-order valence-corrected chi connectivity index (χ2v) is 9.76. The Labute approximate surface area is 209 Å². The average molecular weight is 491 g/mol. The molecule has 2 N–H and O–H groups in total. The highest BCUT2D eigenvalue weighted by molar-refractivity contribution is 5.98. The van der Waals surface area contributed by atoms with Crippen molar-refractivity contribution in [3.8, 4) is 0 Å². The molecule has 2 saturated carbocycles. The number of hydrogen-bond acceptors (Lipinski definition) is 6. The molecule has 3 amide bonds. The van der Waals surface area contributed by atoms with E-state index in [1.807, 2.05) is 18.2 Å². The molecule has 2 heterocycles. The minimum Gasteiger partial charge on any atom is -0.380 e. The van der Waals surface area contributed by atoms with Crippen LogP contribution in [0.5, 0.6) is 0 Å². The van der Waals surface area contributed by atoms with Gasteiger partial charge in [0.25, 0.3) is 11.8 Å². The molecule has 3 aliphatic rings. The Balaban J connectivity index is 1.25. The predicted molar refractivity (Wildman–Crippen MR) is 134 cm³/mol. The van der Waals surface area contributed by atoms with Crippen molar-refractivity contribution in [2.75, 3.05) is 31.5 Å². The minimum absolute atomic E-state index is 0.0467. The molecule has 0 atom stereocenters. The highest BCUT2D eigenvalue weighted by Gasteiger charge is 2.50. The van der Waals surface area contributed by atoms with Crippen molar-refractivity contribution in [1.82, 2.24) is 15.0 Å². The molecule has 9 nitrogen and oxygen atoms in total. The van der Waals surface area contributed by atoms with Gasteiger partial charge in [-0.15, -0.1) is 0 Å². The van der Waals surface area contributed by atoms with Crippen LogP contribution in [-0.4, -0.2) is 69.6 Å². The Hall–Kier alpha value is -3.72. The molecule has 0 unspecified atom stereocenters. The number of nitrogens with zero attached hydrogens (tertiary/aromatic N) is 3. The molecule has 1 aromatic carbocycles. The predicted octanol–water partition coefficient (Wildman–Crippen LogP) is 2.87. The van der Waals surface area contributed by atoms with Crippen molar-refractivity contribution in [2.24, 2.45) is 5.92 Å². The molecular weight excluding hydrogens is 460 g/mol. The molecule has 0 bridgehead atoms. The van der Waals surface area contributed by atoms with E-state index in [1.165, 1.54) is 0 Å². The van der Waals surface area contributed by atoms with Crippen LogP contribution in [0.15, 0.2) is 41.4 Å². The summed E-state index contributed by atoms with van der Waals surface area (Å²) in [7, 11) is 0. The Kier molecular flexibility index (Phi) is 6.26. The molecule has 3 fully saturated rings. The number of aromatic nitrogens is 1. The van der Waals surface area contributed by atoms with Gasteiger partial charge >= 0.3 is 0 Å². The molecule has 5 rings (SSSR count). The molecule has 1 aromatic heterocycles. The van der Waals surface area contributed by atoms with Gasteiger partial charge in [0.05, 0.1) is 5.56 Å². The standard InChI is InChI=1S/C27H30N4O5/c1-3-18(16-22-17(2)36-29-23(22)28-24(32)20-6-7-20)19-4-8-21(9-5-19)25(33)30-12-14-31(15-13-30)26(34)27(35)10-11-27/h3-5,8-9,16,20,35H,1,6-7,10-15H2,2H3,(H,28,29,32)/b18-16+. The van der Waals surface area contributed by atoms with E-state index in [0.29, 0.717) is 61.7 Å². The van der Waals surface area contributed by atoms with Gasteiger partial charge in [0.2, 0.25) is 5.91 Å². The fourth-order valence-electron chi connectivity index (χ4n) is 4.35. The average Bonchev–Trinajstić information content (AvgIpc) is 3.83. The van der Waals surface area contributed by atoms with Crippen LogP contribution >= 0.6 is 0 Å². The Bertz CT molecular complexity index is 1230. The molecule has 188 valence electrons. The van der Waals surface area contributed by atoms with Crippen LogP contribution in [0.1, 0.15) is 52.9 Å². The number of rotatable bonds is 7. The Morgan fingerprint density at radius 1 is 1.08 bits per heavy atom. The zero-order valence-corrected chi connectivity index (χ0v) is 20.3. The minimum atomic E-state index is -1.17. The van der Waals surface area contributed by atoms with Crippen LogP contribution in [0.2, 0.25) is 0 Å².